The van der Waals surface area contributed by atoms with Gasteiger partial charge in [0.2, 0.25) is 0 Å². The summed E-state index contributed by atoms with van der Waals surface area (Å²) in [6.07, 6.45) is 0.483. The summed E-state index contributed by atoms with van der Waals surface area (Å²) in [4.78, 5) is 1.25. The zero-order valence-electron chi connectivity index (χ0n) is 7.53. The molecule has 1 atom stereocenters. The normalized spacial score (nSPS) is 19.9. The number of thioether (sulfide) groups is 1. The Hall–Kier alpha value is -0.670. The summed E-state index contributed by atoms with van der Waals surface area (Å²) in [6, 6.07) is 8.11. The molecule has 1 fully saturated rings. The third-order valence-corrected chi connectivity index (χ3v) is 3.01. The summed E-state index contributed by atoms with van der Waals surface area (Å²) in [5.41, 5.74) is 0. The van der Waals surface area contributed by atoms with E-state index in [1.165, 1.54) is 4.90 Å². The van der Waals surface area contributed by atoms with Gasteiger partial charge in [-0.2, -0.15) is 0 Å². The number of methoxy groups -OCH3 is 1. The van der Waals surface area contributed by atoms with Gasteiger partial charge in [-0.3, -0.25) is 0 Å². The zero-order chi connectivity index (χ0) is 9.10. The Bertz CT molecular complexity index is 284. The predicted octanol–water partition coefficient (Wildman–Crippen LogP) is 2.19. The molecular formula is C10H12O2S. The second kappa shape index (κ2) is 4.03. The van der Waals surface area contributed by atoms with Gasteiger partial charge in [0, 0.05) is 10.6 Å². The molecule has 70 valence electrons. The topological polar surface area (TPSA) is 21.8 Å². The van der Waals surface area contributed by atoms with Crippen molar-refractivity contribution < 1.29 is 9.47 Å². The van der Waals surface area contributed by atoms with Gasteiger partial charge in [-0.05, 0) is 18.2 Å². The van der Waals surface area contributed by atoms with Crippen LogP contribution in [0.25, 0.3) is 0 Å². The lowest BCUT2D eigenvalue weighted by molar-refractivity contribution is 0.413. The Kier molecular flexibility index (Phi) is 2.76. The molecule has 1 unspecified atom stereocenters. The van der Waals surface area contributed by atoms with Crippen molar-refractivity contribution in [1.82, 2.24) is 0 Å². The van der Waals surface area contributed by atoms with E-state index in [1.54, 1.807) is 7.11 Å². The fraction of sp³-hybridized carbons (Fsp3) is 0.400. The Balaban J connectivity index is 1.93. The van der Waals surface area contributed by atoms with Crippen molar-refractivity contribution in [2.75, 3.05) is 19.5 Å². The minimum atomic E-state index is 0.483. The Labute approximate surface area is 82.2 Å². The van der Waals surface area contributed by atoms with E-state index >= 15 is 0 Å². The number of epoxide rings is 1. The van der Waals surface area contributed by atoms with Crippen LogP contribution in [0.15, 0.2) is 29.2 Å². The second-order valence-electron chi connectivity index (χ2n) is 2.95. The van der Waals surface area contributed by atoms with Crippen LogP contribution in [0.5, 0.6) is 5.75 Å². The smallest absolute Gasteiger partial charge is 0.119 e. The fourth-order valence-electron chi connectivity index (χ4n) is 1.04. The SMILES string of the molecule is COc1cccc(SCC2CO2)c1. The van der Waals surface area contributed by atoms with Gasteiger partial charge in [0.15, 0.2) is 0 Å². The minimum Gasteiger partial charge on any atom is -0.497 e. The number of benzene rings is 1. The number of hydrogen-bond donors (Lipinski definition) is 0. The lowest BCUT2D eigenvalue weighted by Crippen LogP contribution is -1.88. The van der Waals surface area contributed by atoms with Gasteiger partial charge in [-0.1, -0.05) is 6.07 Å². The van der Waals surface area contributed by atoms with E-state index in [0.29, 0.717) is 6.10 Å². The molecule has 1 aromatic carbocycles. The average Bonchev–Trinajstić information content (AvgIpc) is 2.99. The standard InChI is InChI=1S/C10H12O2S/c1-11-8-3-2-4-10(5-8)13-7-9-6-12-9/h2-5,9H,6-7H2,1H3. The van der Waals surface area contributed by atoms with Crippen LogP contribution in [0.4, 0.5) is 0 Å². The molecule has 3 heteroatoms. The van der Waals surface area contributed by atoms with Crippen molar-refractivity contribution in [2.45, 2.75) is 11.0 Å². The third kappa shape index (κ3) is 2.64. The van der Waals surface area contributed by atoms with Crippen molar-refractivity contribution in [3.63, 3.8) is 0 Å². The molecule has 2 rings (SSSR count). The highest BCUT2D eigenvalue weighted by Gasteiger charge is 2.22. The highest BCUT2D eigenvalue weighted by atomic mass is 32.2. The summed E-state index contributed by atoms with van der Waals surface area (Å²) >= 11 is 1.82. The molecule has 1 heterocycles. The van der Waals surface area contributed by atoms with E-state index in [0.717, 1.165) is 18.1 Å². The first kappa shape index (κ1) is 8.91. The summed E-state index contributed by atoms with van der Waals surface area (Å²) < 4.78 is 10.3. The van der Waals surface area contributed by atoms with Crippen LogP contribution in [0.2, 0.25) is 0 Å². The monoisotopic (exact) mass is 196 g/mol. The lowest BCUT2D eigenvalue weighted by Gasteiger charge is -2.02. The maximum atomic E-state index is 5.13. The van der Waals surface area contributed by atoms with Gasteiger partial charge in [0.25, 0.3) is 0 Å². The first-order chi connectivity index (χ1) is 6.38. The third-order valence-electron chi connectivity index (χ3n) is 1.88. The van der Waals surface area contributed by atoms with Crippen molar-refractivity contribution in [3.05, 3.63) is 24.3 Å². The number of rotatable bonds is 4. The average molecular weight is 196 g/mol. The van der Waals surface area contributed by atoms with Crippen LogP contribution in [0, 0.1) is 0 Å². The van der Waals surface area contributed by atoms with Gasteiger partial charge in [0.1, 0.15) is 5.75 Å². The van der Waals surface area contributed by atoms with Gasteiger partial charge in [-0.15, -0.1) is 11.8 Å². The molecule has 1 aliphatic rings. The van der Waals surface area contributed by atoms with Gasteiger partial charge in [-0.25, -0.2) is 0 Å². The largest absolute Gasteiger partial charge is 0.497 e. The summed E-state index contributed by atoms with van der Waals surface area (Å²) in [6.45, 7) is 0.928. The van der Waals surface area contributed by atoms with E-state index in [4.69, 9.17) is 9.47 Å². The van der Waals surface area contributed by atoms with Gasteiger partial charge >= 0.3 is 0 Å². The minimum absolute atomic E-state index is 0.483. The number of ether oxygens (including phenoxy) is 2. The van der Waals surface area contributed by atoms with Crippen LogP contribution in [0.3, 0.4) is 0 Å². The fourth-order valence-corrected chi connectivity index (χ4v) is 1.99. The molecule has 0 N–H and O–H groups in total. The molecule has 0 bridgehead atoms. The highest BCUT2D eigenvalue weighted by molar-refractivity contribution is 7.99. The summed E-state index contributed by atoms with van der Waals surface area (Å²) in [5.74, 6) is 1.97. The molecule has 0 spiro atoms. The van der Waals surface area contributed by atoms with Crippen LogP contribution >= 0.6 is 11.8 Å². The Morgan fingerprint density at radius 1 is 1.62 bits per heavy atom. The zero-order valence-corrected chi connectivity index (χ0v) is 8.34. The summed E-state index contributed by atoms with van der Waals surface area (Å²) in [5, 5.41) is 0. The molecule has 2 nitrogen and oxygen atoms in total. The molecule has 0 aliphatic carbocycles. The Morgan fingerprint density at radius 2 is 2.46 bits per heavy atom. The Morgan fingerprint density at radius 3 is 3.15 bits per heavy atom. The van der Waals surface area contributed by atoms with E-state index < -0.39 is 0 Å². The molecule has 0 amide bonds. The molecule has 1 saturated heterocycles. The lowest BCUT2D eigenvalue weighted by atomic mass is 10.3. The van der Waals surface area contributed by atoms with Crippen molar-refractivity contribution in [3.8, 4) is 5.75 Å². The van der Waals surface area contributed by atoms with Crippen LogP contribution in [-0.2, 0) is 4.74 Å². The molecular weight excluding hydrogens is 184 g/mol. The van der Waals surface area contributed by atoms with Gasteiger partial charge in [0.05, 0.1) is 19.8 Å². The van der Waals surface area contributed by atoms with Crippen molar-refractivity contribution >= 4 is 11.8 Å². The van der Waals surface area contributed by atoms with Crippen LogP contribution in [-0.4, -0.2) is 25.6 Å². The van der Waals surface area contributed by atoms with Gasteiger partial charge < -0.3 is 9.47 Å². The molecule has 0 saturated carbocycles. The molecule has 0 aromatic heterocycles. The first-order valence-electron chi connectivity index (χ1n) is 4.27. The van der Waals surface area contributed by atoms with E-state index in [-0.39, 0.29) is 0 Å². The summed E-state index contributed by atoms with van der Waals surface area (Å²) in [7, 11) is 1.69. The molecule has 13 heavy (non-hydrogen) atoms. The number of hydrogen-bond acceptors (Lipinski definition) is 3. The van der Waals surface area contributed by atoms with Crippen molar-refractivity contribution in [1.29, 1.82) is 0 Å². The maximum absolute atomic E-state index is 5.13. The first-order valence-corrected chi connectivity index (χ1v) is 5.25. The molecule has 1 aromatic rings. The molecule has 1 aliphatic heterocycles. The highest BCUT2D eigenvalue weighted by Crippen LogP contribution is 2.26. The second-order valence-corrected chi connectivity index (χ2v) is 4.04. The molecule has 0 radical (unpaired) electrons. The van der Waals surface area contributed by atoms with E-state index in [2.05, 4.69) is 6.07 Å². The predicted molar refractivity (Wildman–Crippen MR) is 53.5 cm³/mol. The van der Waals surface area contributed by atoms with E-state index in [1.807, 2.05) is 30.0 Å². The quantitative estimate of drug-likeness (QED) is 0.544. The van der Waals surface area contributed by atoms with Crippen molar-refractivity contribution in [2.24, 2.45) is 0 Å². The van der Waals surface area contributed by atoms with E-state index in [9.17, 15) is 0 Å². The maximum Gasteiger partial charge on any atom is 0.119 e. The van der Waals surface area contributed by atoms with Crippen LogP contribution < -0.4 is 4.74 Å². The van der Waals surface area contributed by atoms with Crippen LogP contribution in [0.1, 0.15) is 0 Å².